The summed E-state index contributed by atoms with van der Waals surface area (Å²) in [7, 11) is 1.58. The standard InChI is InChI=1S/C31H28N2O7S/c1-37-21-13-11-19(12-14-21)16-39-31(36)28-23(25-15-20-7-5-6-10-24(20)40-25)18-41-30-27(29(35)33(28)30)32-26(34)17-38-22-8-3-2-4-9-22/h2-14,25,27,30H,15-18H2,1H3,(H,32,34)/t25-,27-,30-/m1/s1. The van der Waals surface area contributed by atoms with Crippen LogP contribution in [0.4, 0.5) is 0 Å². The quantitative estimate of drug-likeness (QED) is 0.307. The van der Waals surface area contributed by atoms with E-state index in [0.29, 0.717) is 29.2 Å². The Balaban J connectivity index is 1.19. The molecule has 9 nitrogen and oxygen atoms in total. The summed E-state index contributed by atoms with van der Waals surface area (Å²) < 4.78 is 22.6. The number of rotatable bonds is 9. The predicted molar refractivity (Wildman–Crippen MR) is 151 cm³/mol. The summed E-state index contributed by atoms with van der Waals surface area (Å²) in [5.41, 5.74) is 2.72. The zero-order valence-electron chi connectivity index (χ0n) is 22.3. The van der Waals surface area contributed by atoms with Crippen LogP contribution in [0.1, 0.15) is 11.1 Å². The van der Waals surface area contributed by atoms with Crippen molar-refractivity contribution < 1.29 is 33.3 Å². The van der Waals surface area contributed by atoms with Gasteiger partial charge in [0.15, 0.2) is 6.61 Å². The number of methoxy groups -OCH3 is 1. The largest absolute Gasteiger partial charge is 0.497 e. The van der Waals surface area contributed by atoms with Gasteiger partial charge in [0, 0.05) is 17.7 Å². The van der Waals surface area contributed by atoms with Gasteiger partial charge in [0.1, 0.15) is 47.1 Å². The molecule has 6 rings (SSSR count). The van der Waals surface area contributed by atoms with Crippen molar-refractivity contribution in [3.05, 3.63) is 101 Å². The van der Waals surface area contributed by atoms with E-state index in [1.807, 2.05) is 54.6 Å². The highest BCUT2D eigenvalue weighted by Crippen LogP contribution is 2.44. The van der Waals surface area contributed by atoms with Crippen LogP contribution in [-0.4, -0.2) is 59.7 Å². The molecule has 1 N–H and O–H groups in total. The number of hydrogen-bond donors (Lipinski definition) is 1. The van der Waals surface area contributed by atoms with E-state index in [4.69, 9.17) is 18.9 Å². The first-order chi connectivity index (χ1) is 20.0. The van der Waals surface area contributed by atoms with E-state index in [9.17, 15) is 14.4 Å². The van der Waals surface area contributed by atoms with Crippen molar-refractivity contribution in [2.75, 3.05) is 19.5 Å². The fourth-order valence-electron chi connectivity index (χ4n) is 5.07. The van der Waals surface area contributed by atoms with Gasteiger partial charge in [-0.15, -0.1) is 11.8 Å². The molecular formula is C31H28N2O7S. The Hall–Kier alpha value is -4.44. The van der Waals surface area contributed by atoms with Crippen LogP contribution < -0.4 is 19.5 Å². The first-order valence-electron chi connectivity index (χ1n) is 13.2. The van der Waals surface area contributed by atoms with E-state index in [1.165, 1.54) is 16.7 Å². The Morgan fingerprint density at radius 1 is 1.00 bits per heavy atom. The normalized spacial score (nSPS) is 20.8. The lowest BCUT2D eigenvalue weighted by molar-refractivity contribution is -0.153. The molecule has 41 heavy (non-hydrogen) atoms. The molecule has 3 aliphatic rings. The fraction of sp³-hybridized carbons (Fsp3) is 0.258. The van der Waals surface area contributed by atoms with Gasteiger partial charge in [0.05, 0.1) is 7.11 Å². The first kappa shape index (κ1) is 26.8. The van der Waals surface area contributed by atoms with Crippen LogP contribution in [0.3, 0.4) is 0 Å². The second-order valence-electron chi connectivity index (χ2n) is 9.77. The van der Waals surface area contributed by atoms with Gasteiger partial charge >= 0.3 is 5.97 Å². The lowest BCUT2D eigenvalue weighted by atomic mass is 9.98. The summed E-state index contributed by atoms with van der Waals surface area (Å²) in [6, 6.07) is 23.1. The van der Waals surface area contributed by atoms with E-state index >= 15 is 0 Å². The molecule has 0 aliphatic carbocycles. The molecule has 3 aromatic rings. The molecule has 210 valence electrons. The number of carbonyl (C=O) groups excluding carboxylic acids is 3. The summed E-state index contributed by atoms with van der Waals surface area (Å²) in [5.74, 6) is 1.08. The van der Waals surface area contributed by atoms with Crippen LogP contribution in [-0.2, 0) is 32.1 Å². The van der Waals surface area contributed by atoms with E-state index < -0.39 is 29.4 Å². The zero-order valence-corrected chi connectivity index (χ0v) is 23.1. The Morgan fingerprint density at radius 3 is 2.51 bits per heavy atom. The van der Waals surface area contributed by atoms with Gasteiger partial charge < -0.3 is 24.3 Å². The third kappa shape index (κ3) is 5.47. The van der Waals surface area contributed by atoms with Crippen molar-refractivity contribution in [2.45, 2.75) is 30.5 Å². The lowest BCUT2D eigenvalue weighted by Crippen LogP contribution is -2.71. The number of para-hydroxylation sites is 2. The van der Waals surface area contributed by atoms with Gasteiger partial charge in [0.2, 0.25) is 0 Å². The molecule has 1 saturated heterocycles. The Kier molecular flexibility index (Phi) is 7.56. The second-order valence-corrected chi connectivity index (χ2v) is 10.9. The number of esters is 1. The number of β-lactam (4-membered cyclic amide) rings is 1. The van der Waals surface area contributed by atoms with Crippen molar-refractivity contribution in [1.29, 1.82) is 0 Å². The third-order valence-corrected chi connectivity index (χ3v) is 8.49. The topological polar surface area (TPSA) is 103 Å². The molecule has 0 spiro atoms. The van der Waals surface area contributed by atoms with Crippen molar-refractivity contribution in [2.24, 2.45) is 0 Å². The molecule has 0 bridgehead atoms. The smallest absolute Gasteiger partial charge is 0.355 e. The molecule has 3 aromatic carbocycles. The maximum Gasteiger partial charge on any atom is 0.355 e. The Bertz CT molecular complexity index is 1470. The fourth-order valence-corrected chi connectivity index (χ4v) is 6.48. The Labute approximate surface area is 241 Å². The van der Waals surface area contributed by atoms with Gasteiger partial charge in [0.25, 0.3) is 11.8 Å². The first-order valence-corrected chi connectivity index (χ1v) is 14.3. The molecule has 2 amide bonds. The number of amides is 2. The minimum Gasteiger partial charge on any atom is -0.497 e. The van der Waals surface area contributed by atoms with E-state index in [1.54, 1.807) is 31.4 Å². The molecule has 0 radical (unpaired) electrons. The minimum atomic E-state index is -0.778. The van der Waals surface area contributed by atoms with Crippen LogP contribution >= 0.6 is 11.8 Å². The monoisotopic (exact) mass is 572 g/mol. The van der Waals surface area contributed by atoms with Gasteiger partial charge in [-0.3, -0.25) is 14.5 Å². The zero-order chi connectivity index (χ0) is 28.3. The number of carbonyl (C=O) groups is 3. The molecule has 1 fully saturated rings. The lowest BCUT2D eigenvalue weighted by Gasteiger charge is -2.50. The number of ether oxygens (including phenoxy) is 4. The number of thioether (sulfide) groups is 1. The van der Waals surface area contributed by atoms with Crippen LogP contribution in [0, 0.1) is 0 Å². The molecule has 3 atom stereocenters. The second kappa shape index (κ2) is 11.6. The minimum absolute atomic E-state index is 0.0299. The van der Waals surface area contributed by atoms with E-state index in [-0.39, 0.29) is 24.8 Å². The highest BCUT2D eigenvalue weighted by Gasteiger charge is 2.55. The van der Waals surface area contributed by atoms with Gasteiger partial charge in [-0.2, -0.15) is 0 Å². The summed E-state index contributed by atoms with van der Waals surface area (Å²) in [6.07, 6.45) is 0.190. The highest BCUT2D eigenvalue weighted by molar-refractivity contribution is 8.00. The van der Waals surface area contributed by atoms with Gasteiger partial charge in [-0.25, -0.2) is 4.79 Å². The molecule has 0 aromatic heterocycles. The molecule has 0 saturated carbocycles. The summed E-state index contributed by atoms with van der Waals surface area (Å²) >= 11 is 1.48. The van der Waals surface area contributed by atoms with Crippen molar-refractivity contribution in [1.82, 2.24) is 10.2 Å². The Morgan fingerprint density at radius 2 is 1.76 bits per heavy atom. The number of nitrogens with one attached hydrogen (secondary N) is 1. The molecule has 10 heteroatoms. The molecular weight excluding hydrogens is 544 g/mol. The maximum absolute atomic E-state index is 13.6. The number of hydrogen-bond acceptors (Lipinski definition) is 8. The number of nitrogens with zero attached hydrogens (tertiary/aromatic N) is 1. The molecule has 0 unspecified atom stereocenters. The van der Waals surface area contributed by atoms with Crippen molar-refractivity contribution in [3.63, 3.8) is 0 Å². The number of benzene rings is 3. The van der Waals surface area contributed by atoms with Crippen LogP contribution in [0.15, 0.2) is 90.1 Å². The van der Waals surface area contributed by atoms with Crippen LogP contribution in [0.25, 0.3) is 0 Å². The number of fused-ring (bicyclic) bond motifs is 2. The molecule has 3 heterocycles. The summed E-state index contributed by atoms with van der Waals surface area (Å²) in [5, 5.41) is 2.32. The maximum atomic E-state index is 13.6. The van der Waals surface area contributed by atoms with Crippen molar-refractivity contribution >= 4 is 29.5 Å². The average Bonchev–Trinajstić information content (AvgIpc) is 3.45. The predicted octanol–water partition coefficient (Wildman–Crippen LogP) is 3.48. The third-order valence-electron chi connectivity index (χ3n) is 7.19. The highest BCUT2D eigenvalue weighted by atomic mass is 32.2. The molecule has 3 aliphatic heterocycles. The van der Waals surface area contributed by atoms with Crippen molar-refractivity contribution in [3.8, 4) is 17.2 Å². The SMILES string of the molecule is COc1ccc(COC(=O)C2=C([C@H]3Cc4ccccc4O3)CS[C@@H]3[C@H](NC(=O)COc4ccccc4)C(=O)N23)cc1. The van der Waals surface area contributed by atoms with Gasteiger partial charge in [-0.1, -0.05) is 48.5 Å². The van der Waals surface area contributed by atoms with Crippen LogP contribution in [0.2, 0.25) is 0 Å². The van der Waals surface area contributed by atoms with E-state index in [2.05, 4.69) is 5.32 Å². The van der Waals surface area contributed by atoms with E-state index in [0.717, 1.165) is 16.9 Å². The summed E-state index contributed by atoms with van der Waals surface area (Å²) in [6.45, 7) is -0.195. The van der Waals surface area contributed by atoms with Crippen LogP contribution in [0.5, 0.6) is 17.2 Å². The average molecular weight is 573 g/mol. The summed E-state index contributed by atoms with van der Waals surface area (Å²) in [4.78, 5) is 41.0. The van der Waals surface area contributed by atoms with Gasteiger partial charge in [-0.05, 0) is 41.5 Å².